The van der Waals surface area contributed by atoms with Crippen molar-refractivity contribution < 1.29 is 13.6 Å². The summed E-state index contributed by atoms with van der Waals surface area (Å²) in [6, 6.07) is 2.87. The Kier molecular flexibility index (Phi) is 6.22. The second kappa shape index (κ2) is 7.43. The van der Waals surface area contributed by atoms with Crippen LogP contribution in [0, 0.1) is 11.6 Å². The Bertz CT molecular complexity index is 435. The summed E-state index contributed by atoms with van der Waals surface area (Å²) in [4.78, 5) is 13.8. The molecule has 0 atom stereocenters. The van der Waals surface area contributed by atoms with Gasteiger partial charge in [0.1, 0.15) is 11.6 Å². The highest BCUT2D eigenvalue weighted by molar-refractivity contribution is 6.18. The molecule has 0 saturated heterocycles. The Balaban J connectivity index is 3.08. The number of halogens is 3. The van der Waals surface area contributed by atoms with E-state index in [0.29, 0.717) is 6.54 Å². The number of carbonyl (C=O) groups is 1. The number of alkyl halides is 1. The van der Waals surface area contributed by atoms with Crippen molar-refractivity contribution in [2.24, 2.45) is 0 Å². The molecule has 1 amide bonds. The summed E-state index contributed by atoms with van der Waals surface area (Å²) < 4.78 is 26.8. The van der Waals surface area contributed by atoms with E-state index in [9.17, 15) is 13.6 Å². The maximum absolute atomic E-state index is 13.6. The highest BCUT2D eigenvalue weighted by Gasteiger charge is 2.24. The molecule has 0 aliphatic heterocycles. The standard InChI is InChI=1S/C14H18ClF2NO/c1-3-11(4-2)18(8-7-15)14(19)12-9-10(16)5-6-13(12)17/h5-6,9,11H,3-4,7-8H2,1-2H3. The average Bonchev–Trinajstić information content (AvgIpc) is 2.41. The van der Waals surface area contributed by atoms with E-state index in [2.05, 4.69) is 0 Å². The Hall–Kier alpha value is -1.16. The number of benzene rings is 1. The van der Waals surface area contributed by atoms with Gasteiger partial charge in [0.05, 0.1) is 5.56 Å². The van der Waals surface area contributed by atoms with Gasteiger partial charge in [-0.2, -0.15) is 0 Å². The third-order valence-electron chi connectivity index (χ3n) is 3.13. The highest BCUT2D eigenvalue weighted by Crippen LogP contribution is 2.17. The van der Waals surface area contributed by atoms with Gasteiger partial charge in [0.2, 0.25) is 0 Å². The van der Waals surface area contributed by atoms with Crippen LogP contribution in [-0.2, 0) is 0 Å². The zero-order chi connectivity index (χ0) is 14.4. The van der Waals surface area contributed by atoms with Crippen LogP contribution < -0.4 is 0 Å². The van der Waals surface area contributed by atoms with Crippen LogP contribution in [0.1, 0.15) is 37.0 Å². The first kappa shape index (κ1) is 15.9. The topological polar surface area (TPSA) is 20.3 Å². The van der Waals surface area contributed by atoms with Gasteiger partial charge < -0.3 is 4.90 Å². The third kappa shape index (κ3) is 3.90. The van der Waals surface area contributed by atoms with Crippen LogP contribution in [0.15, 0.2) is 18.2 Å². The molecule has 106 valence electrons. The maximum Gasteiger partial charge on any atom is 0.257 e. The van der Waals surface area contributed by atoms with Gasteiger partial charge in [0.15, 0.2) is 0 Å². The molecule has 0 spiro atoms. The van der Waals surface area contributed by atoms with Crippen LogP contribution in [0.4, 0.5) is 8.78 Å². The van der Waals surface area contributed by atoms with Gasteiger partial charge in [-0.15, -0.1) is 11.6 Å². The summed E-state index contributed by atoms with van der Waals surface area (Å²) in [5.41, 5.74) is -0.239. The molecule has 1 rings (SSSR count). The van der Waals surface area contributed by atoms with Gasteiger partial charge in [0.25, 0.3) is 5.91 Å². The summed E-state index contributed by atoms with van der Waals surface area (Å²) in [6.07, 6.45) is 1.49. The number of carbonyl (C=O) groups excluding carboxylic acids is 1. The Labute approximate surface area is 117 Å². The Morgan fingerprint density at radius 3 is 2.47 bits per heavy atom. The van der Waals surface area contributed by atoms with E-state index in [1.54, 1.807) is 0 Å². The zero-order valence-corrected chi connectivity index (χ0v) is 11.9. The summed E-state index contributed by atoms with van der Waals surface area (Å²) in [5.74, 6) is -1.58. The quantitative estimate of drug-likeness (QED) is 0.729. The molecule has 0 N–H and O–H groups in total. The SMILES string of the molecule is CCC(CC)N(CCCl)C(=O)c1cc(F)ccc1F. The predicted molar refractivity (Wildman–Crippen MR) is 72.5 cm³/mol. The third-order valence-corrected chi connectivity index (χ3v) is 3.30. The van der Waals surface area contributed by atoms with E-state index in [0.717, 1.165) is 31.0 Å². The van der Waals surface area contributed by atoms with E-state index in [1.165, 1.54) is 4.90 Å². The molecule has 0 aromatic heterocycles. The van der Waals surface area contributed by atoms with Crippen LogP contribution in [0.3, 0.4) is 0 Å². The molecular weight excluding hydrogens is 272 g/mol. The molecule has 5 heteroatoms. The van der Waals surface area contributed by atoms with E-state index >= 15 is 0 Å². The number of rotatable bonds is 6. The number of hydrogen-bond donors (Lipinski definition) is 0. The molecule has 1 aromatic carbocycles. The minimum absolute atomic E-state index is 0.0195. The Morgan fingerprint density at radius 1 is 1.32 bits per heavy atom. The minimum atomic E-state index is -0.711. The first-order chi connectivity index (χ1) is 9.04. The van der Waals surface area contributed by atoms with Crippen molar-refractivity contribution in [3.05, 3.63) is 35.4 Å². The molecule has 0 heterocycles. The lowest BCUT2D eigenvalue weighted by Gasteiger charge is -2.30. The second-order valence-electron chi connectivity index (χ2n) is 4.28. The lowest BCUT2D eigenvalue weighted by molar-refractivity contribution is 0.0676. The van der Waals surface area contributed by atoms with Gasteiger partial charge in [-0.1, -0.05) is 13.8 Å². The second-order valence-corrected chi connectivity index (χ2v) is 4.66. The number of nitrogens with zero attached hydrogens (tertiary/aromatic N) is 1. The molecular formula is C14H18ClF2NO. The van der Waals surface area contributed by atoms with Crippen molar-refractivity contribution in [2.45, 2.75) is 32.7 Å². The maximum atomic E-state index is 13.6. The van der Waals surface area contributed by atoms with E-state index < -0.39 is 17.5 Å². The largest absolute Gasteiger partial charge is 0.334 e. The molecule has 1 aromatic rings. The van der Waals surface area contributed by atoms with E-state index in [1.807, 2.05) is 13.8 Å². The summed E-state index contributed by atoms with van der Waals surface area (Å²) in [6.45, 7) is 4.22. The van der Waals surface area contributed by atoms with Gasteiger partial charge >= 0.3 is 0 Å². The lowest BCUT2D eigenvalue weighted by Crippen LogP contribution is -2.41. The van der Waals surface area contributed by atoms with Gasteiger partial charge in [-0.25, -0.2) is 8.78 Å². The first-order valence-electron chi connectivity index (χ1n) is 6.37. The molecule has 2 nitrogen and oxygen atoms in total. The molecule has 0 bridgehead atoms. The highest BCUT2D eigenvalue weighted by atomic mass is 35.5. The molecule has 0 saturated carbocycles. The summed E-state index contributed by atoms with van der Waals surface area (Å²) in [7, 11) is 0. The number of hydrogen-bond acceptors (Lipinski definition) is 1. The van der Waals surface area contributed by atoms with Gasteiger partial charge in [0, 0.05) is 18.5 Å². The van der Waals surface area contributed by atoms with Crippen molar-refractivity contribution in [1.82, 2.24) is 4.90 Å². The minimum Gasteiger partial charge on any atom is -0.334 e. The fourth-order valence-corrected chi connectivity index (χ4v) is 2.27. The molecule has 19 heavy (non-hydrogen) atoms. The molecule has 0 unspecified atom stereocenters. The monoisotopic (exact) mass is 289 g/mol. The average molecular weight is 290 g/mol. The lowest BCUT2D eigenvalue weighted by atomic mass is 10.1. The van der Waals surface area contributed by atoms with Crippen molar-refractivity contribution >= 4 is 17.5 Å². The predicted octanol–water partition coefficient (Wildman–Crippen LogP) is 3.83. The summed E-state index contributed by atoms with van der Waals surface area (Å²) >= 11 is 5.70. The molecule has 0 fully saturated rings. The van der Waals surface area contributed by atoms with Crippen LogP contribution >= 0.6 is 11.6 Å². The first-order valence-corrected chi connectivity index (χ1v) is 6.90. The molecule has 0 aliphatic carbocycles. The van der Waals surface area contributed by atoms with E-state index in [-0.39, 0.29) is 17.5 Å². The zero-order valence-electron chi connectivity index (χ0n) is 11.1. The summed E-state index contributed by atoms with van der Waals surface area (Å²) in [5, 5.41) is 0. The van der Waals surface area contributed by atoms with Gasteiger partial charge in [-0.05, 0) is 31.0 Å². The molecule has 0 aliphatic rings. The molecule has 0 radical (unpaired) electrons. The van der Waals surface area contributed by atoms with Crippen molar-refractivity contribution in [2.75, 3.05) is 12.4 Å². The smallest absolute Gasteiger partial charge is 0.257 e. The van der Waals surface area contributed by atoms with Crippen molar-refractivity contribution in [3.63, 3.8) is 0 Å². The van der Waals surface area contributed by atoms with Crippen molar-refractivity contribution in [3.8, 4) is 0 Å². The van der Waals surface area contributed by atoms with Crippen LogP contribution in [0.2, 0.25) is 0 Å². The Morgan fingerprint density at radius 2 is 1.95 bits per heavy atom. The van der Waals surface area contributed by atoms with Crippen LogP contribution in [0.5, 0.6) is 0 Å². The van der Waals surface area contributed by atoms with E-state index in [4.69, 9.17) is 11.6 Å². The van der Waals surface area contributed by atoms with Gasteiger partial charge in [-0.3, -0.25) is 4.79 Å². The fraction of sp³-hybridized carbons (Fsp3) is 0.500. The fourth-order valence-electron chi connectivity index (χ4n) is 2.09. The normalized spacial score (nSPS) is 10.8. The van der Waals surface area contributed by atoms with Crippen LogP contribution in [-0.4, -0.2) is 29.3 Å². The number of amides is 1. The van der Waals surface area contributed by atoms with Crippen LogP contribution in [0.25, 0.3) is 0 Å². The van der Waals surface area contributed by atoms with Crippen molar-refractivity contribution in [1.29, 1.82) is 0 Å².